The van der Waals surface area contributed by atoms with Gasteiger partial charge in [0.1, 0.15) is 5.83 Å². The van der Waals surface area contributed by atoms with Crippen LogP contribution in [0.3, 0.4) is 0 Å². The summed E-state index contributed by atoms with van der Waals surface area (Å²) in [6, 6.07) is 0. The number of nitrogens with one attached hydrogen (secondary N) is 1. The Morgan fingerprint density at radius 2 is 2.20 bits per heavy atom. The predicted octanol–water partition coefficient (Wildman–Crippen LogP) is 2.47. The van der Waals surface area contributed by atoms with E-state index in [2.05, 4.69) is 11.9 Å². The molecule has 0 aromatic carbocycles. The van der Waals surface area contributed by atoms with Gasteiger partial charge in [0.15, 0.2) is 0 Å². The summed E-state index contributed by atoms with van der Waals surface area (Å²) in [5.41, 5.74) is 0.632. The van der Waals surface area contributed by atoms with Crippen molar-refractivity contribution in [1.82, 2.24) is 10.2 Å². The average molecular weight is 212 g/mol. The molecule has 0 radical (unpaired) electrons. The van der Waals surface area contributed by atoms with Gasteiger partial charge in [-0.2, -0.15) is 0 Å². The van der Waals surface area contributed by atoms with Crippen LogP contribution < -0.4 is 5.32 Å². The van der Waals surface area contributed by atoms with E-state index in [4.69, 9.17) is 0 Å². The number of likely N-dealkylation sites (N-methyl/N-ethyl adjacent to an activating group) is 2. The van der Waals surface area contributed by atoms with Crippen molar-refractivity contribution >= 4 is 0 Å². The highest BCUT2D eigenvalue weighted by molar-refractivity contribution is 5.22. The van der Waals surface area contributed by atoms with Gasteiger partial charge in [-0.3, -0.25) is 0 Å². The van der Waals surface area contributed by atoms with Gasteiger partial charge < -0.3 is 10.2 Å². The fourth-order valence-corrected chi connectivity index (χ4v) is 1.29. The zero-order valence-electron chi connectivity index (χ0n) is 9.89. The summed E-state index contributed by atoms with van der Waals surface area (Å²) >= 11 is 0. The normalized spacial score (nSPS) is 12.8. The molecule has 0 rings (SSSR count). The quantitative estimate of drug-likeness (QED) is 0.652. The third-order valence-electron chi connectivity index (χ3n) is 2.10. The van der Waals surface area contributed by atoms with E-state index in [1.807, 2.05) is 18.9 Å². The van der Waals surface area contributed by atoms with Gasteiger partial charge in [-0.25, -0.2) is 4.39 Å². The van der Waals surface area contributed by atoms with Gasteiger partial charge in [0.05, 0.1) is 5.70 Å². The van der Waals surface area contributed by atoms with Crippen LogP contribution in [-0.4, -0.2) is 31.6 Å². The van der Waals surface area contributed by atoms with Crippen molar-refractivity contribution in [1.29, 1.82) is 0 Å². The SMILES string of the molecule is C=C/C=C\C(=C(/C)F)N(CC)CCNC. The molecule has 0 atom stereocenters. The van der Waals surface area contributed by atoms with Gasteiger partial charge in [0.25, 0.3) is 0 Å². The van der Waals surface area contributed by atoms with Gasteiger partial charge in [0.2, 0.25) is 0 Å². The van der Waals surface area contributed by atoms with Crippen molar-refractivity contribution in [2.45, 2.75) is 13.8 Å². The van der Waals surface area contributed by atoms with Crippen molar-refractivity contribution in [3.05, 3.63) is 36.3 Å². The third-order valence-corrected chi connectivity index (χ3v) is 2.10. The fourth-order valence-electron chi connectivity index (χ4n) is 1.29. The Bertz CT molecular complexity index is 240. The zero-order valence-corrected chi connectivity index (χ0v) is 9.89. The minimum Gasteiger partial charge on any atom is -0.368 e. The summed E-state index contributed by atoms with van der Waals surface area (Å²) < 4.78 is 13.3. The van der Waals surface area contributed by atoms with Gasteiger partial charge in [-0.1, -0.05) is 18.7 Å². The van der Waals surface area contributed by atoms with E-state index >= 15 is 0 Å². The lowest BCUT2D eigenvalue weighted by atomic mass is 10.3. The van der Waals surface area contributed by atoms with Crippen LogP contribution in [0.1, 0.15) is 13.8 Å². The fraction of sp³-hybridized carbons (Fsp3) is 0.500. The minimum absolute atomic E-state index is 0.161. The van der Waals surface area contributed by atoms with E-state index in [9.17, 15) is 4.39 Å². The second-order valence-electron chi connectivity index (χ2n) is 3.20. The molecule has 0 aliphatic rings. The van der Waals surface area contributed by atoms with E-state index in [0.717, 1.165) is 19.6 Å². The van der Waals surface area contributed by atoms with Crippen LogP contribution in [0.25, 0.3) is 0 Å². The molecule has 0 heterocycles. The number of rotatable bonds is 7. The Morgan fingerprint density at radius 3 is 2.60 bits per heavy atom. The van der Waals surface area contributed by atoms with Gasteiger partial charge >= 0.3 is 0 Å². The van der Waals surface area contributed by atoms with E-state index in [1.54, 1.807) is 18.2 Å². The van der Waals surface area contributed by atoms with Crippen molar-refractivity contribution in [2.24, 2.45) is 0 Å². The lowest BCUT2D eigenvalue weighted by molar-refractivity contribution is 0.358. The second kappa shape index (κ2) is 8.24. The molecule has 3 heteroatoms. The molecule has 15 heavy (non-hydrogen) atoms. The maximum atomic E-state index is 13.3. The topological polar surface area (TPSA) is 15.3 Å². The Kier molecular flexibility index (Phi) is 7.64. The maximum absolute atomic E-state index is 13.3. The van der Waals surface area contributed by atoms with Crippen molar-refractivity contribution < 1.29 is 4.39 Å². The van der Waals surface area contributed by atoms with Crippen molar-refractivity contribution in [2.75, 3.05) is 26.7 Å². The Balaban J connectivity index is 4.64. The molecule has 0 saturated heterocycles. The number of hydrogen-bond donors (Lipinski definition) is 1. The highest BCUT2D eigenvalue weighted by atomic mass is 19.1. The van der Waals surface area contributed by atoms with E-state index in [1.165, 1.54) is 6.92 Å². The molecule has 0 aliphatic carbocycles. The third kappa shape index (κ3) is 5.37. The van der Waals surface area contributed by atoms with Gasteiger partial charge in [-0.05, 0) is 27.0 Å². The lowest BCUT2D eigenvalue weighted by Gasteiger charge is -2.24. The van der Waals surface area contributed by atoms with Crippen LogP contribution in [0.2, 0.25) is 0 Å². The molecule has 0 saturated carbocycles. The first-order valence-corrected chi connectivity index (χ1v) is 5.22. The summed E-state index contributed by atoms with van der Waals surface area (Å²) in [4.78, 5) is 1.99. The zero-order chi connectivity index (χ0) is 11.7. The average Bonchev–Trinajstić information content (AvgIpc) is 2.22. The minimum atomic E-state index is -0.161. The molecule has 0 bridgehead atoms. The molecule has 0 spiro atoms. The summed E-state index contributed by atoms with van der Waals surface area (Å²) in [5, 5.41) is 3.05. The summed E-state index contributed by atoms with van der Waals surface area (Å²) in [6.45, 7) is 9.50. The molecular weight excluding hydrogens is 191 g/mol. The van der Waals surface area contributed by atoms with Crippen LogP contribution >= 0.6 is 0 Å². The molecule has 0 aliphatic heterocycles. The smallest absolute Gasteiger partial charge is 0.120 e. The standard InChI is InChI=1S/C12H21FN2/c1-5-7-8-12(11(3)13)15(6-2)10-9-14-4/h5,7-8,14H,1,6,9-10H2,2-4H3/b8-7-,12-11-. The molecule has 0 unspecified atom stereocenters. The monoisotopic (exact) mass is 212 g/mol. The van der Waals surface area contributed by atoms with Crippen LogP contribution in [0.15, 0.2) is 36.3 Å². The maximum Gasteiger partial charge on any atom is 0.120 e. The first-order valence-electron chi connectivity index (χ1n) is 5.22. The molecule has 0 aromatic heterocycles. The summed E-state index contributed by atoms with van der Waals surface area (Å²) in [6.07, 6.45) is 5.15. The van der Waals surface area contributed by atoms with Crippen molar-refractivity contribution in [3.63, 3.8) is 0 Å². The Morgan fingerprint density at radius 1 is 1.53 bits per heavy atom. The summed E-state index contributed by atoms with van der Waals surface area (Å²) in [7, 11) is 1.89. The number of hydrogen-bond acceptors (Lipinski definition) is 2. The van der Waals surface area contributed by atoms with Crippen LogP contribution in [-0.2, 0) is 0 Å². The van der Waals surface area contributed by atoms with E-state index < -0.39 is 0 Å². The van der Waals surface area contributed by atoms with Crippen molar-refractivity contribution in [3.8, 4) is 0 Å². The highest BCUT2D eigenvalue weighted by Crippen LogP contribution is 2.12. The van der Waals surface area contributed by atoms with Gasteiger partial charge in [-0.15, -0.1) is 0 Å². The first kappa shape index (κ1) is 13.9. The van der Waals surface area contributed by atoms with Crippen LogP contribution in [0.4, 0.5) is 4.39 Å². The molecule has 0 amide bonds. The predicted molar refractivity (Wildman–Crippen MR) is 64.3 cm³/mol. The molecule has 1 N–H and O–H groups in total. The van der Waals surface area contributed by atoms with E-state index in [-0.39, 0.29) is 5.83 Å². The first-order chi connectivity index (χ1) is 7.17. The molecule has 86 valence electrons. The molecule has 0 fully saturated rings. The lowest BCUT2D eigenvalue weighted by Crippen LogP contribution is -2.30. The highest BCUT2D eigenvalue weighted by Gasteiger charge is 2.07. The summed E-state index contributed by atoms with van der Waals surface area (Å²) in [5.74, 6) is -0.161. The largest absolute Gasteiger partial charge is 0.368 e. The number of allylic oxidation sites excluding steroid dienone is 4. The Hall–Kier alpha value is -1.09. The second-order valence-corrected chi connectivity index (χ2v) is 3.20. The molecule has 0 aromatic rings. The number of nitrogens with zero attached hydrogens (tertiary/aromatic N) is 1. The number of halogens is 1. The molecule has 2 nitrogen and oxygen atoms in total. The Labute approximate surface area is 92.2 Å². The van der Waals surface area contributed by atoms with Gasteiger partial charge in [0, 0.05) is 19.6 Å². The van der Waals surface area contributed by atoms with Crippen LogP contribution in [0.5, 0.6) is 0 Å². The van der Waals surface area contributed by atoms with E-state index in [0.29, 0.717) is 5.70 Å². The van der Waals surface area contributed by atoms with Crippen LogP contribution in [0, 0.1) is 0 Å². The molecular formula is C12H21FN2.